The molecular weight excluding hydrogens is 600 g/mol. The molecule has 0 saturated heterocycles. The van der Waals surface area contributed by atoms with Gasteiger partial charge in [-0.25, -0.2) is 0 Å². The van der Waals surface area contributed by atoms with E-state index in [4.69, 9.17) is 9.47 Å². The highest BCUT2D eigenvalue weighted by Crippen LogP contribution is 2.81. The fraction of sp³-hybridized carbons (Fsp3) is 0.353. The fourth-order valence-corrected chi connectivity index (χ4v) is 10.1. The van der Waals surface area contributed by atoms with Gasteiger partial charge >= 0.3 is 11.9 Å². The smallest absolute Gasteiger partial charge is 0.302 e. The number of ketones is 4. The van der Waals surface area contributed by atoms with Crippen LogP contribution in [0.3, 0.4) is 0 Å². The zero-order chi connectivity index (χ0) is 33.1. The molecule has 2 spiro atoms. The molecule has 6 aliphatic rings. The van der Waals surface area contributed by atoms with E-state index in [1.165, 1.54) is 24.3 Å². The second kappa shape index (κ2) is 8.31. The van der Waals surface area contributed by atoms with Crippen LogP contribution < -0.4 is 0 Å². The monoisotopic (exact) mass is 626 g/mol. The molecule has 46 heavy (non-hydrogen) atoms. The predicted octanol–water partition coefficient (Wildman–Crippen LogP) is 2.84. The molecule has 0 aliphatic heterocycles. The number of hydrogen-bond acceptors (Lipinski definition) is 12. The molecule has 6 aliphatic carbocycles. The number of fused-ring (bicyclic) bond motifs is 4. The van der Waals surface area contributed by atoms with E-state index in [9.17, 15) is 39.6 Å². The van der Waals surface area contributed by atoms with Gasteiger partial charge in [0.15, 0.2) is 23.1 Å². The Bertz CT molecular complexity index is 1900. The van der Waals surface area contributed by atoms with Crippen LogP contribution in [0.2, 0.25) is 0 Å². The van der Waals surface area contributed by atoms with E-state index in [0.717, 1.165) is 13.8 Å². The molecule has 4 N–H and O–H groups in total. The second-order valence-electron chi connectivity index (χ2n) is 13.1. The Morgan fingerprint density at radius 2 is 0.978 bits per heavy atom. The van der Waals surface area contributed by atoms with Gasteiger partial charge in [-0.1, -0.05) is 0 Å². The van der Waals surface area contributed by atoms with Crippen LogP contribution in [0.15, 0.2) is 35.4 Å². The molecular formula is C34H26O12. The molecule has 8 atom stereocenters. The van der Waals surface area contributed by atoms with Gasteiger partial charge < -0.3 is 29.9 Å². The first-order chi connectivity index (χ1) is 21.6. The maximum atomic E-state index is 15.0. The Labute approximate surface area is 259 Å². The topological polar surface area (TPSA) is 202 Å². The third-order valence-corrected chi connectivity index (χ3v) is 11.0. The third kappa shape index (κ3) is 2.71. The average molecular weight is 627 g/mol. The highest BCUT2D eigenvalue weighted by Gasteiger charge is 2.91. The van der Waals surface area contributed by atoms with E-state index >= 15 is 9.59 Å². The zero-order valence-corrected chi connectivity index (χ0v) is 24.8. The fourth-order valence-electron chi connectivity index (χ4n) is 10.1. The molecule has 2 aromatic carbocycles. The standard InChI is InChI=1S/C34H26O12/c1-9-5-13-17(15(37)7-9)25(39)21-27(41)24-29(45-11(3)35)19-20-30(46-12(4)36)23(33(19,21)31(13)43)28(42)22-26(40)18-14(32(44)34(20,22)24)6-10(2)8-16(18)38/h5-8,19-20,23-24,29-30,37-40H,1-4H3. The van der Waals surface area contributed by atoms with Gasteiger partial charge in [0.2, 0.25) is 0 Å². The van der Waals surface area contributed by atoms with Gasteiger partial charge in [-0.3, -0.25) is 28.8 Å². The number of aromatic hydroxyl groups is 2. The Morgan fingerprint density at radius 3 is 1.30 bits per heavy atom. The number of Topliss-reactive ketones (excluding diaryl/α,β-unsaturated/α-hetero) is 4. The van der Waals surface area contributed by atoms with Crippen LogP contribution in [0, 0.1) is 48.3 Å². The van der Waals surface area contributed by atoms with Crippen molar-refractivity contribution in [2.24, 2.45) is 34.5 Å². The first-order valence-electron chi connectivity index (χ1n) is 14.7. The average Bonchev–Trinajstić information content (AvgIpc) is 3.32. The molecule has 12 heteroatoms. The Kier molecular flexibility index (Phi) is 5.10. The summed E-state index contributed by atoms with van der Waals surface area (Å²) in [4.78, 5) is 85.3. The van der Waals surface area contributed by atoms with Gasteiger partial charge in [-0.2, -0.15) is 0 Å². The minimum Gasteiger partial charge on any atom is -0.507 e. The number of aliphatic hydroxyl groups is 2. The molecule has 8 unspecified atom stereocenters. The summed E-state index contributed by atoms with van der Waals surface area (Å²) in [5.41, 5.74) is -6.03. The number of ether oxygens (including phenoxy) is 2. The molecule has 0 radical (unpaired) electrons. The number of aliphatic hydroxyl groups excluding tert-OH is 2. The number of allylic oxidation sites excluding steroid dienone is 2. The summed E-state index contributed by atoms with van der Waals surface area (Å²) in [6.45, 7) is 5.31. The summed E-state index contributed by atoms with van der Waals surface area (Å²) in [6.07, 6.45) is -3.06. The summed E-state index contributed by atoms with van der Waals surface area (Å²) < 4.78 is 11.5. The van der Waals surface area contributed by atoms with Crippen molar-refractivity contribution >= 4 is 46.6 Å². The van der Waals surface area contributed by atoms with Crippen molar-refractivity contribution in [2.45, 2.75) is 39.9 Å². The molecule has 234 valence electrons. The molecule has 8 rings (SSSR count). The van der Waals surface area contributed by atoms with E-state index in [1.807, 2.05) is 0 Å². The number of phenolic OH excluding ortho intramolecular Hbond substituents is 2. The van der Waals surface area contributed by atoms with Crippen LogP contribution in [-0.4, -0.2) is 67.7 Å². The normalized spacial score (nSPS) is 34.3. The van der Waals surface area contributed by atoms with Crippen LogP contribution in [0.1, 0.15) is 56.8 Å². The van der Waals surface area contributed by atoms with Crippen LogP contribution >= 0.6 is 0 Å². The van der Waals surface area contributed by atoms with Crippen molar-refractivity contribution in [3.05, 3.63) is 68.8 Å². The number of benzene rings is 2. The number of aryl methyl sites for hydroxylation is 2. The first-order valence-corrected chi connectivity index (χ1v) is 14.7. The summed E-state index contributed by atoms with van der Waals surface area (Å²) >= 11 is 0. The number of phenols is 2. The molecule has 4 saturated carbocycles. The van der Waals surface area contributed by atoms with Crippen LogP contribution in [0.4, 0.5) is 0 Å². The number of carbonyl (C=O) groups excluding carboxylic acids is 6. The lowest BCUT2D eigenvalue weighted by Crippen LogP contribution is -2.66. The largest absolute Gasteiger partial charge is 0.507 e. The highest BCUT2D eigenvalue weighted by atomic mass is 16.6. The second-order valence-corrected chi connectivity index (χ2v) is 13.1. The lowest BCUT2D eigenvalue weighted by atomic mass is 9.46. The number of rotatable bonds is 2. The van der Waals surface area contributed by atoms with Crippen LogP contribution in [0.5, 0.6) is 11.5 Å². The third-order valence-electron chi connectivity index (χ3n) is 11.0. The molecule has 0 aromatic heterocycles. The number of carbonyl (C=O) groups is 6. The summed E-state index contributed by atoms with van der Waals surface area (Å²) in [6, 6.07) is 5.32. The first kappa shape index (κ1) is 28.2. The maximum Gasteiger partial charge on any atom is 0.302 e. The van der Waals surface area contributed by atoms with Crippen molar-refractivity contribution in [2.75, 3.05) is 0 Å². The van der Waals surface area contributed by atoms with E-state index in [0.29, 0.717) is 11.1 Å². The van der Waals surface area contributed by atoms with E-state index in [1.54, 1.807) is 13.8 Å². The van der Waals surface area contributed by atoms with Gasteiger partial charge in [0, 0.05) is 36.8 Å². The van der Waals surface area contributed by atoms with Crippen molar-refractivity contribution in [1.29, 1.82) is 0 Å². The number of esters is 2. The van der Waals surface area contributed by atoms with Gasteiger partial charge in [0.1, 0.15) is 35.2 Å². The Hall–Kier alpha value is -5.26. The Morgan fingerprint density at radius 1 is 0.630 bits per heavy atom. The lowest BCUT2D eigenvalue weighted by Gasteiger charge is -2.54. The van der Waals surface area contributed by atoms with Crippen molar-refractivity contribution in [1.82, 2.24) is 0 Å². The molecule has 0 amide bonds. The van der Waals surface area contributed by atoms with E-state index in [2.05, 4.69) is 0 Å². The molecule has 0 heterocycles. The van der Waals surface area contributed by atoms with Gasteiger partial charge in [-0.15, -0.1) is 0 Å². The highest BCUT2D eigenvalue weighted by molar-refractivity contribution is 6.31. The van der Waals surface area contributed by atoms with Crippen molar-refractivity contribution in [3.8, 4) is 11.5 Å². The lowest BCUT2D eigenvalue weighted by molar-refractivity contribution is -0.162. The zero-order valence-electron chi connectivity index (χ0n) is 24.8. The number of hydrogen-bond donors (Lipinski definition) is 4. The van der Waals surface area contributed by atoms with Crippen molar-refractivity contribution in [3.63, 3.8) is 0 Å². The minimum atomic E-state index is -2.33. The van der Waals surface area contributed by atoms with Gasteiger partial charge in [0.25, 0.3) is 0 Å². The maximum absolute atomic E-state index is 15.0. The molecule has 12 nitrogen and oxygen atoms in total. The summed E-state index contributed by atoms with van der Waals surface area (Å²) in [5, 5.41) is 45.4. The van der Waals surface area contributed by atoms with E-state index in [-0.39, 0.29) is 22.3 Å². The summed E-state index contributed by atoms with van der Waals surface area (Å²) in [7, 11) is 0. The van der Waals surface area contributed by atoms with Crippen molar-refractivity contribution < 1.29 is 58.7 Å². The SMILES string of the molecule is CC(=O)OC1C2C(=O)C3=C(O)c4c(O)cc(C)cc4C(=O)C34C3C(=O)C5=C(O)c6c(O)cc(C)cc6C(=O)C52C(C3OC(C)=O)C14. The van der Waals surface area contributed by atoms with Gasteiger partial charge in [0.05, 0.1) is 44.9 Å². The van der Waals surface area contributed by atoms with Crippen LogP contribution in [-0.2, 0) is 28.7 Å². The van der Waals surface area contributed by atoms with E-state index < -0.39 is 116 Å². The Balaban J connectivity index is 1.58. The summed E-state index contributed by atoms with van der Waals surface area (Å²) in [5.74, 6) is -14.3. The minimum absolute atomic E-state index is 0.224. The predicted molar refractivity (Wildman–Crippen MR) is 153 cm³/mol. The quantitative estimate of drug-likeness (QED) is 0.356. The molecule has 4 fully saturated rings. The van der Waals surface area contributed by atoms with Gasteiger partial charge in [-0.05, 0) is 49.2 Å². The molecule has 2 aromatic rings. The van der Waals surface area contributed by atoms with Crippen LogP contribution in [0.25, 0.3) is 11.5 Å². The molecule has 4 bridgehead atoms.